The molecule has 0 spiro atoms. The molecule has 0 aromatic heterocycles. The zero-order valence-corrected chi connectivity index (χ0v) is 10.5. The summed E-state index contributed by atoms with van der Waals surface area (Å²) in [7, 11) is 0. The van der Waals surface area contributed by atoms with E-state index in [0.717, 1.165) is 34.9 Å². The second-order valence-corrected chi connectivity index (χ2v) is 5.20. The van der Waals surface area contributed by atoms with Crippen molar-refractivity contribution in [2.24, 2.45) is 5.92 Å². The predicted molar refractivity (Wildman–Crippen MR) is 67.1 cm³/mol. The van der Waals surface area contributed by atoms with Crippen LogP contribution in [0, 0.1) is 5.92 Å². The van der Waals surface area contributed by atoms with E-state index in [9.17, 15) is 4.79 Å². The second-order valence-electron chi connectivity index (χ2n) is 4.39. The minimum Gasteiger partial charge on any atom is -0.300 e. The molecular formula is C13H14Cl2O. The third-order valence-corrected chi connectivity index (χ3v) is 3.93. The Morgan fingerprint density at radius 2 is 1.69 bits per heavy atom. The van der Waals surface area contributed by atoms with E-state index in [1.54, 1.807) is 0 Å². The van der Waals surface area contributed by atoms with Crippen molar-refractivity contribution in [3.05, 3.63) is 33.8 Å². The van der Waals surface area contributed by atoms with Crippen LogP contribution in [0.4, 0.5) is 0 Å². The van der Waals surface area contributed by atoms with Crippen LogP contribution in [-0.2, 0) is 11.2 Å². The molecule has 1 fully saturated rings. The summed E-state index contributed by atoms with van der Waals surface area (Å²) < 4.78 is 0. The van der Waals surface area contributed by atoms with E-state index < -0.39 is 0 Å². The maximum atomic E-state index is 11.1. The first-order chi connectivity index (χ1) is 7.66. The van der Waals surface area contributed by atoms with Crippen LogP contribution < -0.4 is 0 Å². The molecule has 0 bridgehead atoms. The summed E-state index contributed by atoms with van der Waals surface area (Å²) in [6.45, 7) is 0. The first kappa shape index (κ1) is 11.9. The molecule has 1 aromatic carbocycles. The van der Waals surface area contributed by atoms with Crippen molar-refractivity contribution >= 4 is 29.0 Å². The molecule has 3 heteroatoms. The molecule has 1 aromatic rings. The molecule has 0 amide bonds. The smallest absolute Gasteiger partial charge is 0.132 e. The lowest BCUT2D eigenvalue weighted by Gasteiger charge is -2.21. The number of hydrogen-bond acceptors (Lipinski definition) is 1. The number of Topliss-reactive ketones (excluding diaryl/α,β-unsaturated/α-hetero) is 1. The van der Waals surface area contributed by atoms with Gasteiger partial charge >= 0.3 is 0 Å². The van der Waals surface area contributed by atoms with Crippen molar-refractivity contribution in [3.8, 4) is 0 Å². The van der Waals surface area contributed by atoms with E-state index in [1.165, 1.54) is 0 Å². The van der Waals surface area contributed by atoms with Crippen LogP contribution in [0.25, 0.3) is 0 Å². The average molecular weight is 257 g/mol. The summed E-state index contributed by atoms with van der Waals surface area (Å²) in [5.41, 5.74) is 1.03. The average Bonchev–Trinajstić information content (AvgIpc) is 2.26. The van der Waals surface area contributed by atoms with Crippen molar-refractivity contribution in [3.63, 3.8) is 0 Å². The normalized spacial score (nSPS) is 17.8. The Morgan fingerprint density at radius 3 is 2.25 bits per heavy atom. The van der Waals surface area contributed by atoms with Crippen LogP contribution in [0.3, 0.4) is 0 Å². The molecule has 0 aliphatic heterocycles. The van der Waals surface area contributed by atoms with Crippen LogP contribution >= 0.6 is 23.2 Å². The molecule has 1 saturated carbocycles. The molecule has 2 rings (SSSR count). The highest BCUT2D eigenvalue weighted by molar-refractivity contribution is 6.35. The van der Waals surface area contributed by atoms with Gasteiger partial charge in [0.05, 0.1) is 0 Å². The number of carbonyl (C=O) groups excluding carboxylic acids is 1. The summed E-state index contributed by atoms with van der Waals surface area (Å²) in [6, 6.07) is 5.60. The largest absolute Gasteiger partial charge is 0.300 e. The van der Waals surface area contributed by atoms with Crippen molar-refractivity contribution in [1.29, 1.82) is 0 Å². The summed E-state index contributed by atoms with van der Waals surface area (Å²) in [5.74, 6) is 0.941. The first-order valence-corrected chi connectivity index (χ1v) is 6.37. The lowest BCUT2D eigenvalue weighted by molar-refractivity contribution is -0.120. The SMILES string of the molecule is O=C1CCC(Cc2c(Cl)cccc2Cl)CC1. The fourth-order valence-corrected chi connectivity index (χ4v) is 2.77. The molecule has 0 heterocycles. The van der Waals surface area contributed by atoms with Gasteiger partial charge in [-0.15, -0.1) is 0 Å². The third kappa shape index (κ3) is 2.78. The molecule has 0 saturated heterocycles. The molecule has 0 unspecified atom stereocenters. The Bertz CT molecular complexity index is 371. The van der Waals surface area contributed by atoms with Gasteiger partial charge in [0.2, 0.25) is 0 Å². The molecule has 1 aliphatic carbocycles. The molecule has 0 atom stereocenters. The minimum absolute atomic E-state index is 0.390. The Balaban J connectivity index is 2.06. The van der Waals surface area contributed by atoms with E-state index in [1.807, 2.05) is 18.2 Å². The highest BCUT2D eigenvalue weighted by atomic mass is 35.5. The van der Waals surface area contributed by atoms with Gasteiger partial charge in [0.25, 0.3) is 0 Å². The quantitative estimate of drug-likeness (QED) is 0.772. The predicted octanol–water partition coefficient (Wildman–Crippen LogP) is 4.30. The van der Waals surface area contributed by atoms with Crippen molar-refractivity contribution in [2.45, 2.75) is 32.1 Å². The van der Waals surface area contributed by atoms with Crippen LogP contribution in [0.1, 0.15) is 31.2 Å². The van der Waals surface area contributed by atoms with Crippen LogP contribution in [0.5, 0.6) is 0 Å². The molecule has 1 aliphatic rings. The Morgan fingerprint density at radius 1 is 1.12 bits per heavy atom. The van der Waals surface area contributed by atoms with E-state index in [4.69, 9.17) is 23.2 Å². The van der Waals surface area contributed by atoms with Gasteiger partial charge in [-0.05, 0) is 42.9 Å². The number of ketones is 1. The lowest BCUT2D eigenvalue weighted by atomic mass is 9.84. The van der Waals surface area contributed by atoms with Gasteiger partial charge in [-0.2, -0.15) is 0 Å². The highest BCUT2D eigenvalue weighted by Crippen LogP contribution is 2.31. The van der Waals surface area contributed by atoms with E-state index in [0.29, 0.717) is 24.5 Å². The molecule has 1 nitrogen and oxygen atoms in total. The lowest BCUT2D eigenvalue weighted by Crippen LogP contribution is -2.16. The Labute approximate surface area is 106 Å². The molecule has 0 radical (unpaired) electrons. The zero-order chi connectivity index (χ0) is 11.5. The van der Waals surface area contributed by atoms with Gasteiger partial charge in [-0.3, -0.25) is 4.79 Å². The Hall–Kier alpha value is -0.530. The number of halogens is 2. The number of rotatable bonds is 2. The first-order valence-electron chi connectivity index (χ1n) is 5.61. The summed E-state index contributed by atoms with van der Waals surface area (Å²) in [6.07, 6.45) is 4.27. The third-order valence-electron chi connectivity index (χ3n) is 3.22. The number of hydrogen-bond donors (Lipinski definition) is 0. The molecular weight excluding hydrogens is 243 g/mol. The number of benzene rings is 1. The summed E-state index contributed by atoms with van der Waals surface area (Å²) >= 11 is 12.3. The standard InChI is InChI=1S/C13H14Cl2O/c14-12-2-1-3-13(15)11(12)8-9-4-6-10(16)7-5-9/h1-3,9H,4-8H2. The van der Waals surface area contributed by atoms with Gasteiger partial charge in [0.15, 0.2) is 0 Å². The maximum Gasteiger partial charge on any atom is 0.132 e. The number of carbonyl (C=O) groups is 1. The minimum atomic E-state index is 0.390. The monoisotopic (exact) mass is 256 g/mol. The van der Waals surface area contributed by atoms with Crippen LogP contribution in [0.2, 0.25) is 10.0 Å². The van der Waals surface area contributed by atoms with Crippen LogP contribution in [0.15, 0.2) is 18.2 Å². The second kappa shape index (κ2) is 5.20. The fraction of sp³-hybridized carbons (Fsp3) is 0.462. The van der Waals surface area contributed by atoms with Gasteiger partial charge in [-0.1, -0.05) is 29.3 Å². The van der Waals surface area contributed by atoms with Crippen molar-refractivity contribution < 1.29 is 4.79 Å². The molecule has 16 heavy (non-hydrogen) atoms. The van der Waals surface area contributed by atoms with Gasteiger partial charge in [0, 0.05) is 22.9 Å². The van der Waals surface area contributed by atoms with Crippen molar-refractivity contribution in [2.75, 3.05) is 0 Å². The van der Waals surface area contributed by atoms with E-state index in [-0.39, 0.29) is 0 Å². The van der Waals surface area contributed by atoms with Gasteiger partial charge in [0.1, 0.15) is 5.78 Å². The highest BCUT2D eigenvalue weighted by Gasteiger charge is 2.20. The molecule has 86 valence electrons. The summed E-state index contributed by atoms with van der Waals surface area (Å²) in [4.78, 5) is 11.1. The summed E-state index contributed by atoms with van der Waals surface area (Å²) in [5, 5.41) is 1.48. The fourth-order valence-electron chi connectivity index (χ4n) is 2.22. The van der Waals surface area contributed by atoms with E-state index in [2.05, 4.69) is 0 Å². The van der Waals surface area contributed by atoms with Crippen LogP contribution in [-0.4, -0.2) is 5.78 Å². The van der Waals surface area contributed by atoms with Gasteiger partial charge in [-0.25, -0.2) is 0 Å². The molecule has 0 N–H and O–H groups in total. The van der Waals surface area contributed by atoms with Crippen molar-refractivity contribution in [1.82, 2.24) is 0 Å². The van der Waals surface area contributed by atoms with E-state index >= 15 is 0 Å². The topological polar surface area (TPSA) is 17.1 Å². The Kier molecular flexibility index (Phi) is 3.88. The zero-order valence-electron chi connectivity index (χ0n) is 9.01. The van der Waals surface area contributed by atoms with Gasteiger partial charge < -0.3 is 0 Å². The maximum absolute atomic E-state index is 11.1.